The number of carbonyl (C=O) groups is 2. The smallest absolute Gasteiger partial charge is 0.256 e. The summed E-state index contributed by atoms with van der Waals surface area (Å²) in [7, 11) is 0. The number of halogens is 1. The molecule has 0 spiro atoms. The van der Waals surface area contributed by atoms with Crippen LogP contribution in [0.3, 0.4) is 0 Å². The quantitative estimate of drug-likeness (QED) is 0.359. The van der Waals surface area contributed by atoms with Crippen LogP contribution in [0.15, 0.2) is 36.4 Å². The Hall–Kier alpha value is -2.49. The van der Waals surface area contributed by atoms with Gasteiger partial charge in [0.25, 0.3) is 11.8 Å². The van der Waals surface area contributed by atoms with E-state index in [0.29, 0.717) is 24.3 Å². The average molecular weight is 661 g/mol. The number of carbonyl (C=O) groups excluding carboxylic acids is 2. The summed E-state index contributed by atoms with van der Waals surface area (Å²) >= 11 is 0. The summed E-state index contributed by atoms with van der Waals surface area (Å²) in [5.41, 5.74) is 6.91. The van der Waals surface area contributed by atoms with Crippen LogP contribution >= 0.6 is 12.4 Å². The highest BCUT2D eigenvalue weighted by atomic mass is 35.5. The number of quaternary nitrogens is 1. The van der Waals surface area contributed by atoms with Gasteiger partial charge in [0.15, 0.2) is 0 Å². The zero-order valence-electron chi connectivity index (χ0n) is 27.4. The molecule has 6 fully saturated rings. The molecule has 2 aromatic carbocycles. The molecule has 0 aromatic heterocycles. The van der Waals surface area contributed by atoms with E-state index in [0.717, 1.165) is 94.5 Å². The van der Waals surface area contributed by atoms with Gasteiger partial charge in [0.2, 0.25) is 0 Å². The number of piperidine rings is 6. The Kier molecular flexibility index (Phi) is 8.20. The second kappa shape index (κ2) is 12.1. The summed E-state index contributed by atoms with van der Waals surface area (Å²) in [6, 6.07) is 12.7. The van der Waals surface area contributed by atoms with Crippen molar-refractivity contribution in [3.8, 4) is 0 Å². The predicted octanol–water partition coefficient (Wildman–Crippen LogP) is 5.07. The fraction of sp³-hybridized carbons (Fsp3) is 0.632. The molecule has 2 unspecified atom stereocenters. The molecule has 8 heterocycles. The summed E-state index contributed by atoms with van der Waals surface area (Å²) in [4.78, 5) is 32.7. The molecule has 6 saturated heterocycles. The van der Waals surface area contributed by atoms with Crippen LogP contribution in [0, 0.1) is 17.0 Å². The number of hydroxylamine groups is 3. The Morgan fingerprint density at radius 1 is 0.745 bits per heavy atom. The first-order valence-electron chi connectivity index (χ1n) is 18.2. The summed E-state index contributed by atoms with van der Waals surface area (Å²) < 4.78 is -0.0670. The molecule has 10 aliphatic rings. The van der Waals surface area contributed by atoms with E-state index < -0.39 is 6.23 Å². The highest BCUT2D eigenvalue weighted by Crippen LogP contribution is 2.45. The van der Waals surface area contributed by atoms with E-state index in [2.05, 4.69) is 21.9 Å². The highest BCUT2D eigenvalue weighted by Gasteiger charge is 2.49. The lowest BCUT2D eigenvalue weighted by atomic mass is 9.74. The van der Waals surface area contributed by atoms with Crippen LogP contribution in [0.25, 0.3) is 0 Å². The second-order valence-electron chi connectivity index (χ2n) is 15.7. The van der Waals surface area contributed by atoms with Gasteiger partial charge >= 0.3 is 0 Å². The van der Waals surface area contributed by atoms with E-state index >= 15 is 0 Å². The third-order valence-corrected chi connectivity index (χ3v) is 13.4. The summed E-state index contributed by atoms with van der Waals surface area (Å²) in [5, 5.41) is 23.8. The van der Waals surface area contributed by atoms with Crippen LogP contribution in [0.1, 0.15) is 106 Å². The lowest BCUT2D eigenvalue weighted by Crippen LogP contribution is -2.66. The zero-order valence-corrected chi connectivity index (χ0v) is 28.2. The molecule has 0 saturated carbocycles. The number of benzene rings is 2. The molecule has 5 atom stereocenters. The van der Waals surface area contributed by atoms with Crippen molar-refractivity contribution in [3.63, 3.8) is 0 Å². The average Bonchev–Trinajstić information content (AvgIpc) is 3.09. The first-order chi connectivity index (χ1) is 22.4. The topological polar surface area (TPSA) is 87.2 Å². The third kappa shape index (κ3) is 5.16. The summed E-state index contributed by atoms with van der Waals surface area (Å²) in [6.07, 6.45) is 10.3. The molecule has 1 N–H and O–H groups in total. The van der Waals surface area contributed by atoms with Crippen LogP contribution < -0.4 is 0 Å². The monoisotopic (exact) mass is 660 g/mol. The predicted molar refractivity (Wildman–Crippen MR) is 182 cm³/mol. The van der Waals surface area contributed by atoms with Gasteiger partial charge in [-0.1, -0.05) is 24.3 Å². The molecule has 9 heteroatoms. The molecule has 0 radical (unpaired) electrons. The Bertz CT molecular complexity index is 1550. The van der Waals surface area contributed by atoms with E-state index in [4.69, 9.17) is 0 Å². The number of aryl methyl sites for hydroxylation is 2. The lowest BCUT2D eigenvalue weighted by Gasteiger charge is -2.58. The van der Waals surface area contributed by atoms with E-state index in [1.54, 1.807) is 0 Å². The first kappa shape index (κ1) is 31.8. The number of hydrogen-bond acceptors (Lipinski definition) is 5. The molecule has 8 aliphatic heterocycles. The zero-order chi connectivity index (χ0) is 31.2. The molecule has 2 amide bonds. The minimum atomic E-state index is -0.637. The lowest BCUT2D eigenvalue weighted by molar-refractivity contribution is -0.899. The van der Waals surface area contributed by atoms with Crippen LogP contribution in [0.5, 0.6) is 0 Å². The SMILES string of the molecule is Cl.O=C1c2cccc3c2C(CCC3)C(O)N1[C@@H]1CN2CCC1CC2.O=C1c2cccc3c2[C@H](CCC3)CN1[C@@H]1C[N+]2([O-])CCC1CC2. The van der Waals surface area contributed by atoms with Crippen LogP contribution in [-0.2, 0) is 12.8 Å². The number of amides is 2. The Labute approximate surface area is 284 Å². The minimum Gasteiger partial charge on any atom is -0.633 e. The molecule has 252 valence electrons. The van der Waals surface area contributed by atoms with E-state index in [1.165, 1.54) is 42.4 Å². The molecule has 4 bridgehead atoms. The standard InChI is InChI=1S/2C19H24N2O2.ClH/c22-19-16-6-2-4-14-3-1-5-15(18(14)16)11-20(19)17-12-21(23)9-7-13(17)8-10-21;22-18-14-5-1-3-13-4-2-6-15(17(13)14)19(23)21(18)16-11-20-9-7-12(16)8-10-20;/h2,4,6,13,15,17H,1,3,5,7-12H2;1,3,5,12,15-16,19,23H,2,4,6-11H2;1H/t13?,15-,17-,21?;15?,16-,19?;/m11./s1. The summed E-state index contributed by atoms with van der Waals surface area (Å²) in [5.74, 6) is 1.95. The molecule has 2 aromatic rings. The number of aliphatic hydroxyl groups is 1. The third-order valence-electron chi connectivity index (χ3n) is 13.4. The van der Waals surface area contributed by atoms with Gasteiger partial charge in [-0.05, 0) is 111 Å². The normalized spacial score (nSPS) is 37.7. The van der Waals surface area contributed by atoms with Crippen molar-refractivity contribution in [2.75, 3.05) is 45.8 Å². The van der Waals surface area contributed by atoms with E-state index in [9.17, 15) is 19.9 Å². The van der Waals surface area contributed by atoms with Gasteiger partial charge in [-0.3, -0.25) is 9.59 Å². The number of hydrogen-bond donors (Lipinski definition) is 1. The fourth-order valence-corrected chi connectivity index (χ4v) is 11.1. The molecule has 8 nitrogen and oxygen atoms in total. The van der Waals surface area contributed by atoms with Gasteiger partial charge in [-0.2, -0.15) is 0 Å². The van der Waals surface area contributed by atoms with Crippen molar-refractivity contribution in [2.45, 2.75) is 94.4 Å². The Balaban J connectivity index is 0.000000135. The molecular weight excluding hydrogens is 612 g/mol. The van der Waals surface area contributed by atoms with E-state index in [-0.39, 0.29) is 46.9 Å². The van der Waals surface area contributed by atoms with Crippen LogP contribution in [0.4, 0.5) is 0 Å². The summed E-state index contributed by atoms with van der Waals surface area (Å²) in [6.45, 7) is 6.23. The fourth-order valence-electron chi connectivity index (χ4n) is 11.1. The maximum Gasteiger partial charge on any atom is 0.256 e. The maximum absolute atomic E-state index is 13.2. The molecule has 12 rings (SSSR count). The van der Waals surface area contributed by atoms with Crippen molar-refractivity contribution in [3.05, 3.63) is 75.0 Å². The van der Waals surface area contributed by atoms with Crippen molar-refractivity contribution < 1.29 is 19.3 Å². The Morgan fingerprint density at radius 2 is 1.38 bits per heavy atom. The van der Waals surface area contributed by atoms with Crippen LogP contribution in [-0.4, -0.2) is 100 Å². The van der Waals surface area contributed by atoms with Gasteiger partial charge in [0, 0.05) is 48.9 Å². The van der Waals surface area contributed by atoms with E-state index in [1.807, 2.05) is 29.2 Å². The van der Waals surface area contributed by atoms with Gasteiger partial charge < -0.3 is 29.7 Å². The number of rotatable bonds is 2. The highest BCUT2D eigenvalue weighted by molar-refractivity contribution is 5.98. The molecular formula is C38H49ClN4O4. The van der Waals surface area contributed by atoms with Gasteiger partial charge in [0.05, 0.1) is 31.7 Å². The van der Waals surface area contributed by atoms with Gasteiger partial charge in [-0.15, -0.1) is 12.4 Å². The Morgan fingerprint density at radius 3 is 2.04 bits per heavy atom. The van der Waals surface area contributed by atoms with Crippen molar-refractivity contribution >= 4 is 24.2 Å². The second-order valence-corrected chi connectivity index (χ2v) is 15.7. The molecule has 47 heavy (non-hydrogen) atoms. The minimum absolute atomic E-state index is 0. The first-order valence-corrected chi connectivity index (χ1v) is 18.2. The van der Waals surface area contributed by atoms with Crippen molar-refractivity contribution in [2.24, 2.45) is 11.8 Å². The number of aliphatic hydroxyl groups excluding tert-OH is 1. The van der Waals surface area contributed by atoms with Gasteiger partial charge in [-0.25, -0.2) is 0 Å². The number of fused-ring (bicyclic) bond motifs is 6. The largest absolute Gasteiger partial charge is 0.633 e. The van der Waals surface area contributed by atoms with Crippen LogP contribution in [0.2, 0.25) is 0 Å². The maximum atomic E-state index is 13.2. The van der Waals surface area contributed by atoms with Crippen molar-refractivity contribution in [1.29, 1.82) is 0 Å². The van der Waals surface area contributed by atoms with Crippen molar-refractivity contribution in [1.82, 2.24) is 14.7 Å². The number of nitrogens with zero attached hydrogens (tertiary/aromatic N) is 4. The van der Waals surface area contributed by atoms with Gasteiger partial charge in [0.1, 0.15) is 6.23 Å². The molecule has 2 aliphatic carbocycles.